The molecule has 5 N–H and O–H groups in total. The maximum atomic E-state index is 12.9. The highest BCUT2D eigenvalue weighted by molar-refractivity contribution is 7.85. The Labute approximate surface area is 247 Å². The van der Waals surface area contributed by atoms with Gasteiger partial charge < -0.3 is 30.4 Å². The summed E-state index contributed by atoms with van der Waals surface area (Å²) < 4.78 is 28.1. The largest absolute Gasteiger partial charge is 0.508 e. The Bertz CT molecular complexity index is 1440. The lowest BCUT2D eigenvalue weighted by atomic mass is 10.1. The van der Waals surface area contributed by atoms with E-state index < -0.39 is 50.1 Å². The Morgan fingerprint density at radius 3 is 2.65 bits per heavy atom. The maximum absolute atomic E-state index is 12.9. The van der Waals surface area contributed by atoms with Crippen LogP contribution in [0.5, 0.6) is 5.75 Å². The van der Waals surface area contributed by atoms with Crippen LogP contribution in [0.25, 0.3) is 11.2 Å². The minimum Gasteiger partial charge on any atom is -0.508 e. The number of carbonyl (C=O) groups is 3. The van der Waals surface area contributed by atoms with E-state index in [9.17, 15) is 24.4 Å². The summed E-state index contributed by atoms with van der Waals surface area (Å²) in [6.07, 6.45) is -0.106. The molecule has 16 nitrogen and oxygen atoms in total. The summed E-state index contributed by atoms with van der Waals surface area (Å²) in [7, 11) is 4.42. The molecule has 3 heterocycles. The number of nitrogens with zero attached hydrogens (tertiary/aromatic N) is 4. The zero-order chi connectivity index (χ0) is 31.1. The number of nitrogens with two attached hydrogens (primary N) is 1. The molecule has 2 unspecified atom stereocenters. The summed E-state index contributed by atoms with van der Waals surface area (Å²) in [5, 5.41) is 12.0. The van der Waals surface area contributed by atoms with E-state index in [2.05, 4.69) is 20.3 Å². The molecule has 1 fully saturated rings. The fourth-order valence-electron chi connectivity index (χ4n) is 4.39. The van der Waals surface area contributed by atoms with Gasteiger partial charge in [0.1, 0.15) is 36.3 Å². The molecule has 4 rings (SSSR count). The van der Waals surface area contributed by atoms with Gasteiger partial charge in [-0.1, -0.05) is 12.1 Å². The molecule has 1 aromatic carbocycles. The van der Waals surface area contributed by atoms with Gasteiger partial charge in [-0.05, 0) is 17.7 Å². The Morgan fingerprint density at radius 1 is 1.21 bits per heavy atom. The number of nitrogens with one attached hydrogen (secondary N) is 1. The molecule has 2 aromatic heterocycles. The van der Waals surface area contributed by atoms with Crippen LogP contribution in [0.4, 0.5) is 5.82 Å². The number of nitrogen functional groups attached to an aromatic ring is 1. The molecular weight excluding hydrogens is 586 g/mol. The van der Waals surface area contributed by atoms with Gasteiger partial charge in [0.15, 0.2) is 17.7 Å². The molecule has 1 aliphatic heterocycles. The molecule has 1 saturated heterocycles. The van der Waals surface area contributed by atoms with Crippen LogP contribution in [0.3, 0.4) is 0 Å². The van der Waals surface area contributed by atoms with Crippen molar-refractivity contribution < 1.29 is 47.6 Å². The number of hydrogen-bond acceptors (Lipinski definition) is 14. The number of phenolic OH excluding ortho intramolecular Hbond substituents is 1. The zero-order valence-corrected chi connectivity index (χ0v) is 24.3. The van der Waals surface area contributed by atoms with Gasteiger partial charge in [-0.3, -0.25) is 14.2 Å². The average molecular weight is 617 g/mol. The number of rotatable bonds is 13. The summed E-state index contributed by atoms with van der Waals surface area (Å²) in [4.78, 5) is 60.0. The van der Waals surface area contributed by atoms with E-state index in [1.54, 1.807) is 12.1 Å². The number of aromatic nitrogens is 4. The lowest BCUT2D eigenvalue weighted by Gasteiger charge is -2.21. The average Bonchev–Trinajstić information content (AvgIpc) is 3.60. The molecule has 43 heavy (non-hydrogen) atoms. The standard InChI is InChI=1S/C25H31BN6O10P/c1-38-25(36)17(9-14-3-5-15(33)6-4-14)31-19(34)7-8-20(35)42-18-10-16(11-40-43(26,37)39-2)41-24(18)32-13-30-21-22(27)28-12-29-23(21)32/h3-6,12-13,16-18,24,33,37H,7-11H2,1-2H3,(H,31,34)(H2,27,28,29)/q+1/t16-,17?,18-,24+,43?/m0/s1. The molecule has 18 heteroatoms. The van der Waals surface area contributed by atoms with E-state index in [0.29, 0.717) is 16.7 Å². The lowest BCUT2D eigenvalue weighted by Crippen LogP contribution is -2.43. The van der Waals surface area contributed by atoms with Crippen LogP contribution in [0, 0.1) is 0 Å². The van der Waals surface area contributed by atoms with Crippen molar-refractivity contribution in [2.45, 2.75) is 50.2 Å². The third-order valence-electron chi connectivity index (χ3n) is 6.55. The van der Waals surface area contributed by atoms with Crippen molar-refractivity contribution in [1.29, 1.82) is 0 Å². The third-order valence-corrected chi connectivity index (χ3v) is 7.59. The van der Waals surface area contributed by atoms with Crippen molar-refractivity contribution in [1.82, 2.24) is 24.8 Å². The van der Waals surface area contributed by atoms with Gasteiger partial charge in [0.05, 0.1) is 33.1 Å². The van der Waals surface area contributed by atoms with Gasteiger partial charge in [-0.15, -0.1) is 0 Å². The van der Waals surface area contributed by atoms with E-state index in [1.807, 2.05) is 0 Å². The van der Waals surface area contributed by atoms with Crippen LogP contribution in [0.15, 0.2) is 36.9 Å². The van der Waals surface area contributed by atoms with Crippen LogP contribution in [-0.2, 0) is 44.1 Å². The minimum atomic E-state index is -3.55. The first kappa shape index (κ1) is 32.0. The molecule has 0 aliphatic carbocycles. The van der Waals surface area contributed by atoms with Crippen molar-refractivity contribution >= 4 is 50.2 Å². The summed E-state index contributed by atoms with van der Waals surface area (Å²) >= 11 is 0. The second-order valence-corrected chi connectivity index (χ2v) is 11.3. The van der Waals surface area contributed by atoms with E-state index in [-0.39, 0.29) is 43.9 Å². The second-order valence-electron chi connectivity index (χ2n) is 9.55. The predicted octanol–water partition coefficient (Wildman–Crippen LogP) is 0.496. The molecule has 0 spiro atoms. The molecule has 0 saturated carbocycles. The fourth-order valence-corrected chi connectivity index (χ4v) is 4.87. The van der Waals surface area contributed by atoms with Gasteiger partial charge in [0, 0.05) is 19.3 Å². The Morgan fingerprint density at radius 2 is 1.95 bits per heavy atom. The number of methoxy groups -OCH3 is 1. The number of carbonyl (C=O) groups excluding carboxylic acids is 3. The monoisotopic (exact) mass is 617 g/mol. The number of phenols is 1. The number of anilines is 1. The van der Waals surface area contributed by atoms with Gasteiger partial charge in [0.25, 0.3) is 0 Å². The first-order valence-corrected chi connectivity index (χ1v) is 14.7. The van der Waals surface area contributed by atoms with Crippen molar-refractivity contribution in [3.05, 3.63) is 42.5 Å². The highest BCUT2D eigenvalue weighted by Crippen LogP contribution is 2.51. The predicted molar refractivity (Wildman–Crippen MR) is 151 cm³/mol. The van der Waals surface area contributed by atoms with Gasteiger partial charge >= 0.3 is 27.3 Å². The normalized spacial score (nSPS) is 20.3. The number of ether oxygens (including phenoxy) is 3. The van der Waals surface area contributed by atoms with Gasteiger partial charge in [-0.25, -0.2) is 24.6 Å². The number of amides is 1. The van der Waals surface area contributed by atoms with Crippen LogP contribution >= 0.6 is 7.82 Å². The molecule has 1 amide bonds. The number of esters is 2. The number of aromatic hydroxyl groups is 1. The van der Waals surface area contributed by atoms with Crippen molar-refractivity contribution in [3.8, 4) is 5.75 Å². The number of hydrogen-bond donors (Lipinski definition) is 4. The third kappa shape index (κ3) is 8.36. The quantitative estimate of drug-likeness (QED) is 0.117. The first-order chi connectivity index (χ1) is 20.5. The summed E-state index contributed by atoms with van der Waals surface area (Å²) in [6, 6.07) is 5.14. The Kier molecular flexibility index (Phi) is 10.5. The van der Waals surface area contributed by atoms with Crippen LogP contribution in [0.1, 0.15) is 31.1 Å². The maximum Gasteiger partial charge on any atom is 0.488 e. The zero-order valence-electron chi connectivity index (χ0n) is 23.4. The molecule has 3 aromatic rings. The van der Waals surface area contributed by atoms with E-state index in [4.69, 9.17) is 36.6 Å². The minimum absolute atomic E-state index is 0.0608. The summed E-state index contributed by atoms with van der Waals surface area (Å²) in [5.41, 5.74) is 7.23. The van der Waals surface area contributed by atoms with Crippen LogP contribution in [-0.4, -0.2) is 94.0 Å². The number of imidazole rings is 1. The van der Waals surface area contributed by atoms with E-state index >= 15 is 0 Å². The molecule has 2 radical (unpaired) electrons. The SMILES string of the molecule is [B][P+](O)(OC)OC[C@@H]1C[C@H](OC(=O)CCC(=O)NC(Cc2ccc(O)cc2)C(=O)OC)[C@H](n2cnc3c(N)ncnc32)O1. The van der Waals surface area contributed by atoms with E-state index in [1.165, 1.54) is 43.6 Å². The topological polar surface area (TPSA) is 219 Å². The number of benzene rings is 1. The summed E-state index contributed by atoms with van der Waals surface area (Å²) in [6.45, 7) is -0.165. The van der Waals surface area contributed by atoms with Crippen LogP contribution in [0.2, 0.25) is 0 Å². The van der Waals surface area contributed by atoms with Gasteiger partial charge in [0.2, 0.25) is 5.91 Å². The smallest absolute Gasteiger partial charge is 0.488 e. The second kappa shape index (κ2) is 14.1. The fraction of sp³-hybridized carbons (Fsp3) is 0.440. The Hall–Kier alpha value is -3.89. The van der Waals surface area contributed by atoms with Crippen molar-refractivity contribution in [2.24, 2.45) is 0 Å². The lowest BCUT2D eigenvalue weighted by molar-refractivity contribution is -0.155. The Balaban J connectivity index is 1.39. The highest BCUT2D eigenvalue weighted by Gasteiger charge is 2.43. The van der Waals surface area contributed by atoms with Gasteiger partial charge in [-0.2, -0.15) is 9.05 Å². The van der Waals surface area contributed by atoms with Crippen molar-refractivity contribution in [2.75, 3.05) is 26.6 Å². The number of fused-ring (bicyclic) bond motifs is 1. The molecular formula is C25H31BN6O10P+. The highest BCUT2D eigenvalue weighted by atomic mass is 31.2. The molecule has 5 atom stereocenters. The summed E-state index contributed by atoms with van der Waals surface area (Å²) in [5.74, 6) is -1.74. The van der Waals surface area contributed by atoms with Crippen LogP contribution < -0.4 is 11.1 Å². The molecule has 0 bridgehead atoms. The first-order valence-electron chi connectivity index (χ1n) is 13.0. The molecule has 1 aliphatic rings. The van der Waals surface area contributed by atoms with Crippen molar-refractivity contribution in [3.63, 3.8) is 0 Å². The molecule has 228 valence electrons. The van der Waals surface area contributed by atoms with E-state index in [0.717, 1.165) is 0 Å².